The second-order valence-corrected chi connectivity index (χ2v) is 5.12. The number of rotatable bonds is 4. The molecule has 0 radical (unpaired) electrons. The standard InChI is InChI=1S/C16H11Cl2N3O/c17-14-5-3-6-15(18)13(14)8-11(9-19)16(22)21-10-12-4-1-2-7-20-12/h1-8H,10H2,(H,21,22). The summed E-state index contributed by atoms with van der Waals surface area (Å²) in [6.07, 6.45) is 3.00. The van der Waals surface area contributed by atoms with Crippen molar-refractivity contribution >= 4 is 35.2 Å². The van der Waals surface area contributed by atoms with Crippen LogP contribution in [0.25, 0.3) is 6.08 Å². The van der Waals surface area contributed by atoms with Gasteiger partial charge in [0.2, 0.25) is 0 Å². The van der Waals surface area contributed by atoms with Gasteiger partial charge in [-0.1, -0.05) is 35.3 Å². The fraction of sp³-hybridized carbons (Fsp3) is 0.0625. The summed E-state index contributed by atoms with van der Waals surface area (Å²) < 4.78 is 0. The Balaban J connectivity index is 2.16. The van der Waals surface area contributed by atoms with Crippen LogP contribution in [0.3, 0.4) is 0 Å². The number of pyridine rings is 1. The number of carbonyl (C=O) groups excluding carboxylic acids is 1. The molecule has 1 amide bonds. The van der Waals surface area contributed by atoms with Crippen LogP contribution in [-0.4, -0.2) is 10.9 Å². The van der Waals surface area contributed by atoms with E-state index in [-0.39, 0.29) is 12.1 Å². The van der Waals surface area contributed by atoms with Crippen LogP contribution in [0.1, 0.15) is 11.3 Å². The van der Waals surface area contributed by atoms with E-state index in [1.165, 1.54) is 6.08 Å². The van der Waals surface area contributed by atoms with Crippen molar-refractivity contribution in [2.45, 2.75) is 6.54 Å². The van der Waals surface area contributed by atoms with Crippen molar-refractivity contribution < 1.29 is 4.79 Å². The minimum atomic E-state index is -0.510. The Morgan fingerprint density at radius 2 is 1.95 bits per heavy atom. The van der Waals surface area contributed by atoms with Crippen molar-refractivity contribution in [2.24, 2.45) is 0 Å². The lowest BCUT2D eigenvalue weighted by Gasteiger charge is -2.05. The van der Waals surface area contributed by atoms with Gasteiger partial charge in [-0.2, -0.15) is 5.26 Å². The summed E-state index contributed by atoms with van der Waals surface area (Å²) in [6, 6.07) is 12.2. The first kappa shape index (κ1) is 16.0. The average Bonchev–Trinajstić information content (AvgIpc) is 2.53. The number of benzene rings is 1. The summed E-state index contributed by atoms with van der Waals surface area (Å²) in [5, 5.41) is 12.5. The van der Waals surface area contributed by atoms with Crippen molar-refractivity contribution in [1.29, 1.82) is 5.26 Å². The zero-order valence-corrected chi connectivity index (χ0v) is 12.9. The van der Waals surface area contributed by atoms with E-state index in [0.29, 0.717) is 21.3 Å². The predicted octanol–water partition coefficient (Wildman–Crippen LogP) is 3.61. The van der Waals surface area contributed by atoms with Crippen LogP contribution in [-0.2, 0) is 11.3 Å². The minimum absolute atomic E-state index is 0.0778. The number of nitrogens with one attached hydrogen (secondary N) is 1. The molecule has 0 aliphatic rings. The smallest absolute Gasteiger partial charge is 0.262 e. The highest BCUT2D eigenvalue weighted by Gasteiger charge is 2.11. The molecule has 0 saturated heterocycles. The lowest BCUT2D eigenvalue weighted by Crippen LogP contribution is -2.24. The van der Waals surface area contributed by atoms with E-state index in [0.717, 1.165) is 0 Å². The first-order valence-corrected chi connectivity index (χ1v) is 7.11. The Hall–Kier alpha value is -2.35. The number of carbonyl (C=O) groups is 1. The topological polar surface area (TPSA) is 65.8 Å². The summed E-state index contributed by atoms with van der Waals surface area (Å²) in [5.41, 5.74) is 1.06. The first-order chi connectivity index (χ1) is 10.6. The molecule has 1 heterocycles. The lowest BCUT2D eigenvalue weighted by atomic mass is 10.1. The fourth-order valence-corrected chi connectivity index (χ4v) is 2.22. The molecule has 4 nitrogen and oxygen atoms in total. The summed E-state index contributed by atoms with van der Waals surface area (Å²) >= 11 is 12.1. The zero-order chi connectivity index (χ0) is 15.9. The molecule has 0 unspecified atom stereocenters. The maximum atomic E-state index is 12.1. The third-order valence-corrected chi connectivity index (χ3v) is 3.47. The molecule has 0 bridgehead atoms. The van der Waals surface area contributed by atoms with Gasteiger partial charge in [-0.15, -0.1) is 0 Å². The third-order valence-electron chi connectivity index (χ3n) is 2.81. The lowest BCUT2D eigenvalue weighted by molar-refractivity contribution is -0.117. The Morgan fingerprint density at radius 1 is 1.23 bits per heavy atom. The molecule has 0 saturated carbocycles. The molecule has 2 rings (SSSR count). The molecule has 6 heteroatoms. The van der Waals surface area contributed by atoms with Gasteiger partial charge in [-0.3, -0.25) is 9.78 Å². The van der Waals surface area contributed by atoms with E-state index in [2.05, 4.69) is 10.3 Å². The third kappa shape index (κ3) is 4.08. The largest absolute Gasteiger partial charge is 0.346 e. The van der Waals surface area contributed by atoms with Gasteiger partial charge in [0.15, 0.2) is 0 Å². The quantitative estimate of drug-likeness (QED) is 0.687. The van der Waals surface area contributed by atoms with Crippen molar-refractivity contribution in [3.05, 3.63) is 69.5 Å². The predicted molar refractivity (Wildman–Crippen MR) is 86.1 cm³/mol. The second kappa shape index (κ2) is 7.60. The maximum Gasteiger partial charge on any atom is 0.262 e. The van der Waals surface area contributed by atoms with Crippen molar-refractivity contribution in [3.8, 4) is 6.07 Å². The zero-order valence-electron chi connectivity index (χ0n) is 11.4. The van der Waals surface area contributed by atoms with Crippen molar-refractivity contribution in [1.82, 2.24) is 10.3 Å². The van der Waals surface area contributed by atoms with Crippen LogP contribution >= 0.6 is 23.2 Å². The van der Waals surface area contributed by atoms with Gasteiger partial charge in [-0.05, 0) is 30.3 Å². The monoisotopic (exact) mass is 331 g/mol. The number of hydrogen-bond donors (Lipinski definition) is 1. The van der Waals surface area contributed by atoms with E-state index >= 15 is 0 Å². The maximum absolute atomic E-state index is 12.1. The van der Waals surface area contributed by atoms with Gasteiger partial charge in [0, 0.05) is 21.8 Å². The van der Waals surface area contributed by atoms with E-state index in [4.69, 9.17) is 28.5 Å². The van der Waals surface area contributed by atoms with Gasteiger partial charge in [0.05, 0.1) is 12.2 Å². The molecule has 22 heavy (non-hydrogen) atoms. The van der Waals surface area contributed by atoms with E-state index < -0.39 is 5.91 Å². The van der Waals surface area contributed by atoms with Crippen molar-refractivity contribution in [3.63, 3.8) is 0 Å². The molecule has 110 valence electrons. The van der Waals surface area contributed by atoms with Crippen LogP contribution in [0.5, 0.6) is 0 Å². The number of nitrogens with zero attached hydrogens (tertiary/aromatic N) is 2. The summed E-state index contributed by atoms with van der Waals surface area (Å²) in [7, 11) is 0. The van der Waals surface area contributed by atoms with Gasteiger partial charge in [0.25, 0.3) is 5.91 Å². The number of aromatic nitrogens is 1. The van der Waals surface area contributed by atoms with Gasteiger partial charge in [0.1, 0.15) is 11.6 Å². The minimum Gasteiger partial charge on any atom is -0.346 e. The fourth-order valence-electron chi connectivity index (χ4n) is 1.71. The molecule has 1 aromatic heterocycles. The number of hydrogen-bond acceptors (Lipinski definition) is 3. The molecule has 1 aromatic carbocycles. The number of amides is 1. The number of halogens is 2. The summed E-state index contributed by atoms with van der Waals surface area (Å²) in [5.74, 6) is -0.510. The summed E-state index contributed by atoms with van der Waals surface area (Å²) in [6.45, 7) is 0.231. The first-order valence-electron chi connectivity index (χ1n) is 6.35. The molecule has 0 aliphatic carbocycles. The van der Waals surface area contributed by atoms with Crippen LogP contribution in [0.15, 0.2) is 48.2 Å². The van der Waals surface area contributed by atoms with Crippen LogP contribution in [0.2, 0.25) is 10.0 Å². The molecular weight excluding hydrogens is 321 g/mol. The molecule has 0 aliphatic heterocycles. The van der Waals surface area contributed by atoms with Gasteiger partial charge >= 0.3 is 0 Å². The highest BCUT2D eigenvalue weighted by molar-refractivity contribution is 6.37. The molecular formula is C16H11Cl2N3O. The molecule has 2 aromatic rings. The van der Waals surface area contributed by atoms with E-state index in [1.54, 1.807) is 36.5 Å². The highest BCUT2D eigenvalue weighted by Crippen LogP contribution is 2.26. The van der Waals surface area contributed by atoms with E-state index in [1.807, 2.05) is 12.1 Å². The Bertz CT molecular complexity index is 731. The SMILES string of the molecule is N#CC(=Cc1c(Cl)cccc1Cl)C(=O)NCc1ccccn1. The van der Waals surface area contributed by atoms with Crippen molar-refractivity contribution in [2.75, 3.05) is 0 Å². The molecule has 0 atom stereocenters. The van der Waals surface area contributed by atoms with E-state index in [9.17, 15) is 4.79 Å². The highest BCUT2D eigenvalue weighted by atomic mass is 35.5. The molecule has 0 fully saturated rings. The second-order valence-electron chi connectivity index (χ2n) is 4.31. The normalized spacial score (nSPS) is 10.9. The van der Waals surface area contributed by atoms with Gasteiger partial charge < -0.3 is 5.32 Å². The van der Waals surface area contributed by atoms with Crippen LogP contribution < -0.4 is 5.32 Å². The van der Waals surface area contributed by atoms with Gasteiger partial charge in [-0.25, -0.2) is 0 Å². The molecule has 1 N–H and O–H groups in total. The Morgan fingerprint density at radius 3 is 2.55 bits per heavy atom. The Labute approximate surface area is 138 Å². The van der Waals surface area contributed by atoms with Crippen LogP contribution in [0.4, 0.5) is 0 Å². The average molecular weight is 332 g/mol. The number of nitriles is 1. The van der Waals surface area contributed by atoms with Crippen LogP contribution in [0, 0.1) is 11.3 Å². The summed E-state index contributed by atoms with van der Waals surface area (Å²) in [4.78, 5) is 16.1. The Kier molecular flexibility index (Phi) is 5.54. The molecule has 0 spiro atoms.